The summed E-state index contributed by atoms with van der Waals surface area (Å²) in [6.45, 7) is 2.18. The number of alkyl halides is 3. The fraction of sp³-hybridized carbons (Fsp3) is 0.300. The molecule has 1 N–H and O–H groups in total. The summed E-state index contributed by atoms with van der Waals surface area (Å²) in [4.78, 5) is 1.67. The van der Waals surface area contributed by atoms with Crippen LogP contribution in [0.5, 0.6) is 0 Å². The second-order valence-electron chi connectivity index (χ2n) is 6.11. The molecule has 0 bridgehead atoms. The number of thioether (sulfide) groups is 1. The van der Waals surface area contributed by atoms with Crippen molar-refractivity contribution in [2.24, 2.45) is 0 Å². The number of aliphatic hydroxyl groups is 1. The predicted molar refractivity (Wildman–Crippen MR) is 95.4 cm³/mol. The van der Waals surface area contributed by atoms with Crippen LogP contribution < -0.4 is 0 Å². The number of fused-ring (bicyclic) bond motifs is 1. The molecule has 2 aromatic rings. The van der Waals surface area contributed by atoms with Crippen LogP contribution in [0.1, 0.15) is 42.4 Å². The van der Waals surface area contributed by atoms with Gasteiger partial charge in [0.1, 0.15) is 0 Å². The lowest BCUT2D eigenvalue weighted by Gasteiger charge is -2.13. The van der Waals surface area contributed by atoms with Gasteiger partial charge in [-0.15, -0.1) is 0 Å². The Balaban J connectivity index is 1.97. The minimum absolute atomic E-state index is 0.0988. The zero-order valence-corrected chi connectivity index (χ0v) is 14.6. The molecule has 0 aromatic heterocycles. The fourth-order valence-corrected chi connectivity index (χ4v) is 4.44. The molecule has 25 heavy (non-hydrogen) atoms. The summed E-state index contributed by atoms with van der Waals surface area (Å²) in [6.07, 6.45) is -2.98. The van der Waals surface area contributed by atoms with Gasteiger partial charge in [0, 0.05) is 22.3 Å². The van der Waals surface area contributed by atoms with E-state index in [2.05, 4.69) is 19.1 Å². The molecule has 1 aliphatic rings. The average Bonchev–Trinajstić information content (AvgIpc) is 2.85. The van der Waals surface area contributed by atoms with Crippen LogP contribution in [0.15, 0.2) is 58.3 Å². The van der Waals surface area contributed by atoms with Crippen molar-refractivity contribution in [3.8, 4) is 0 Å². The average molecular weight is 364 g/mol. The van der Waals surface area contributed by atoms with Gasteiger partial charge in [-0.1, -0.05) is 49.0 Å². The Morgan fingerprint density at radius 2 is 1.84 bits per heavy atom. The van der Waals surface area contributed by atoms with E-state index in [1.165, 1.54) is 29.5 Å². The highest BCUT2D eigenvalue weighted by Gasteiger charge is 2.32. The third kappa shape index (κ3) is 3.77. The number of hydrogen-bond donors (Lipinski definition) is 1. The Labute approximate surface area is 149 Å². The Kier molecular flexibility index (Phi) is 5.25. The molecule has 5 heteroatoms. The number of benzene rings is 2. The number of allylic oxidation sites excluding steroid dienone is 2. The van der Waals surface area contributed by atoms with E-state index >= 15 is 0 Å². The first-order chi connectivity index (χ1) is 11.9. The summed E-state index contributed by atoms with van der Waals surface area (Å²) < 4.78 is 38.9. The van der Waals surface area contributed by atoms with E-state index in [1.807, 2.05) is 12.1 Å². The molecule has 3 rings (SSSR count). The van der Waals surface area contributed by atoms with Crippen LogP contribution in [0.25, 0.3) is 5.57 Å². The van der Waals surface area contributed by atoms with Crippen LogP contribution >= 0.6 is 11.8 Å². The Morgan fingerprint density at radius 1 is 1.08 bits per heavy atom. The van der Waals surface area contributed by atoms with Crippen molar-refractivity contribution < 1.29 is 18.3 Å². The molecular formula is C20H19F3OS. The molecule has 0 aliphatic heterocycles. The van der Waals surface area contributed by atoms with Crippen molar-refractivity contribution in [2.75, 3.05) is 6.61 Å². The van der Waals surface area contributed by atoms with Crippen LogP contribution in [-0.4, -0.2) is 11.7 Å². The monoisotopic (exact) mass is 364 g/mol. The van der Waals surface area contributed by atoms with Gasteiger partial charge in [-0.05, 0) is 47.7 Å². The molecule has 1 nitrogen and oxygen atoms in total. The van der Waals surface area contributed by atoms with E-state index in [0.29, 0.717) is 11.3 Å². The standard InChI is InChI=1S/C20H19F3OS/c1-13-16-8-2-3-9-17(16)18(10-5-11-24)19(13)25-15-7-4-6-14(12-15)20(21,22)23/h2-4,6-9,12-13,24H,5,10-11H2,1H3. The lowest BCUT2D eigenvalue weighted by atomic mass is 10.0. The van der Waals surface area contributed by atoms with E-state index in [4.69, 9.17) is 0 Å². The summed E-state index contributed by atoms with van der Waals surface area (Å²) in [5.41, 5.74) is 2.86. The predicted octanol–water partition coefficient (Wildman–Crippen LogP) is 6.10. The smallest absolute Gasteiger partial charge is 0.396 e. The first-order valence-corrected chi connectivity index (χ1v) is 9.01. The lowest BCUT2D eigenvalue weighted by molar-refractivity contribution is -0.137. The highest BCUT2D eigenvalue weighted by atomic mass is 32.2. The van der Waals surface area contributed by atoms with Gasteiger partial charge in [0.25, 0.3) is 0 Å². The minimum atomic E-state index is -4.34. The van der Waals surface area contributed by atoms with Crippen LogP contribution in [0, 0.1) is 0 Å². The van der Waals surface area contributed by atoms with Crippen molar-refractivity contribution >= 4 is 17.3 Å². The van der Waals surface area contributed by atoms with Crippen molar-refractivity contribution in [1.29, 1.82) is 0 Å². The fourth-order valence-electron chi connectivity index (χ4n) is 3.21. The first kappa shape index (κ1) is 18.1. The van der Waals surface area contributed by atoms with Crippen LogP contribution in [-0.2, 0) is 6.18 Å². The Hall–Kier alpha value is -1.72. The second kappa shape index (κ2) is 7.26. The molecule has 2 aromatic carbocycles. The number of hydrogen-bond acceptors (Lipinski definition) is 2. The molecule has 0 spiro atoms. The van der Waals surface area contributed by atoms with Crippen molar-refractivity contribution in [3.05, 3.63) is 70.1 Å². The van der Waals surface area contributed by atoms with Crippen LogP contribution in [0.2, 0.25) is 0 Å². The molecule has 0 amide bonds. The van der Waals surface area contributed by atoms with Gasteiger partial charge in [0.05, 0.1) is 5.56 Å². The van der Waals surface area contributed by atoms with E-state index < -0.39 is 11.7 Å². The molecule has 1 unspecified atom stereocenters. The molecule has 0 radical (unpaired) electrons. The molecule has 0 fully saturated rings. The van der Waals surface area contributed by atoms with Gasteiger partial charge in [-0.25, -0.2) is 0 Å². The third-order valence-corrected chi connectivity index (χ3v) is 5.73. The van der Waals surface area contributed by atoms with Gasteiger partial charge in [0.2, 0.25) is 0 Å². The number of aliphatic hydroxyl groups excluding tert-OH is 1. The topological polar surface area (TPSA) is 20.2 Å². The Bertz CT molecular complexity index is 796. The van der Waals surface area contributed by atoms with E-state index in [0.717, 1.165) is 28.5 Å². The maximum absolute atomic E-state index is 13.0. The van der Waals surface area contributed by atoms with Gasteiger partial charge < -0.3 is 5.11 Å². The van der Waals surface area contributed by atoms with Crippen molar-refractivity contribution in [2.45, 2.75) is 36.8 Å². The third-order valence-electron chi connectivity index (χ3n) is 4.42. The van der Waals surface area contributed by atoms with Crippen LogP contribution in [0.3, 0.4) is 0 Å². The molecule has 1 aliphatic carbocycles. The van der Waals surface area contributed by atoms with Crippen molar-refractivity contribution in [1.82, 2.24) is 0 Å². The molecule has 1 atom stereocenters. The molecule has 0 heterocycles. The summed E-state index contributed by atoms with van der Waals surface area (Å²) in [7, 11) is 0. The van der Waals surface area contributed by atoms with Gasteiger partial charge >= 0.3 is 6.18 Å². The molecule has 0 saturated heterocycles. The maximum atomic E-state index is 13.0. The molecular weight excluding hydrogens is 345 g/mol. The van der Waals surface area contributed by atoms with Gasteiger partial charge in [0.15, 0.2) is 0 Å². The SMILES string of the molecule is CC1C(Sc2cccc(C(F)(F)F)c2)=C(CCCO)c2ccccc21. The maximum Gasteiger partial charge on any atom is 0.416 e. The van der Waals surface area contributed by atoms with E-state index in [1.54, 1.807) is 6.07 Å². The molecule has 0 saturated carbocycles. The Morgan fingerprint density at radius 3 is 2.56 bits per heavy atom. The summed E-state index contributed by atoms with van der Waals surface area (Å²) in [5.74, 6) is 0.143. The highest BCUT2D eigenvalue weighted by Crippen LogP contribution is 2.50. The number of rotatable bonds is 5. The van der Waals surface area contributed by atoms with E-state index in [9.17, 15) is 18.3 Å². The molecule has 132 valence electrons. The zero-order valence-electron chi connectivity index (χ0n) is 13.8. The second-order valence-corrected chi connectivity index (χ2v) is 7.22. The van der Waals surface area contributed by atoms with E-state index in [-0.39, 0.29) is 12.5 Å². The van der Waals surface area contributed by atoms with Crippen molar-refractivity contribution in [3.63, 3.8) is 0 Å². The highest BCUT2D eigenvalue weighted by molar-refractivity contribution is 8.03. The summed E-state index contributed by atoms with van der Waals surface area (Å²) in [5, 5.41) is 9.19. The summed E-state index contributed by atoms with van der Waals surface area (Å²) >= 11 is 1.40. The van der Waals surface area contributed by atoms with Crippen LogP contribution in [0.4, 0.5) is 13.2 Å². The zero-order chi connectivity index (χ0) is 18.0. The quantitative estimate of drug-likeness (QED) is 0.692. The minimum Gasteiger partial charge on any atom is -0.396 e. The first-order valence-electron chi connectivity index (χ1n) is 8.20. The van der Waals surface area contributed by atoms with Gasteiger partial charge in [-0.2, -0.15) is 13.2 Å². The number of halogens is 3. The lowest BCUT2D eigenvalue weighted by Crippen LogP contribution is -2.04. The normalized spacial score (nSPS) is 17.1. The summed E-state index contributed by atoms with van der Waals surface area (Å²) in [6, 6.07) is 13.5. The van der Waals surface area contributed by atoms with Gasteiger partial charge in [-0.3, -0.25) is 0 Å². The largest absolute Gasteiger partial charge is 0.416 e.